The molecule has 0 aliphatic carbocycles. The third-order valence-electron chi connectivity index (χ3n) is 6.01. The summed E-state index contributed by atoms with van der Waals surface area (Å²) >= 11 is 0. The van der Waals surface area contributed by atoms with Crippen molar-refractivity contribution in [2.45, 2.75) is 70.9 Å². The Labute approximate surface area is 176 Å². The van der Waals surface area contributed by atoms with Gasteiger partial charge < -0.3 is 14.2 Å². The summed E-state index contributed by atoms with van der Waals surface area (Å²) in [6.07, 6.45) is 10.3. The fourth-order valence-corrected chi connectivity index (χ4v) is 4.40. The number of fused-ring (bicyclic) bond motifs is 1. The molecular weight excluding hydrogens is 380 g/mol. The Hall–Kier alpha value is -2.83. The molecule has 1 atom stereocenters. The molecule has 3 heterocycles. The summed E-state index contributed by atoms with van der Waals surface area (Å²) < 4.78 is 7.78. The summed E-state index contributed by atoms with van der Waals surface area (Å²) in [7, 11) is 0. The predicted molar refractivity (Wildman–Crippen MR) is 115 cm³/mol. The molecule has 1 aliphatic rings. The number of amides is 1. The summed E-state index contributed by atoms with van der Waals surface area (Å²) in [5.41, 5.74) is 2.10. The zero-order chi connectivity index (χ0) is 20.9. The Bertz CT molecular complexity index is 993. The third-order valence-corrected chi connectivity index (χ3v) is 6.01. The Morgan fingerprint density at radius 2 is 2.00 bits per heavy atom. The number of carboxylic acid groups (broad SMARTS) is 1. The van der Waals surface area contributed by atoms with Crippen molar-refractivity contribution in [2.75, 3.05) is 6.54 Å². The SMILES string of the molecule is CCCCCCCCn1cc(-c2noc(C3CCCN3C(=O)O)n2)c2ccccc21. The number of unbranched alkanes of at least 4 members (excludes halogenated alkanes) is 5. The summed E-state index contributed by atoms with van der Waals surface area (Å²) in [5, 5.41) is 14.7. The van der Waals surface area contributed by atoms with Crippen LogP contribution >= 0.6 is 0 Å². The fourth-order valence-electron chi connectivity index (χ4n) is 4.40. The highest BCUT2D eigenvalue weighted by molar-refractivity contribution is 5.94. The number of hydrogen-bond acceptors (Lipinski definition) is 4. The number of nitrogens with zero attached hydrogens (tertiary/aromatic N) is 4. The van der Waals surface area contributed by atoms with Gasteiger partial charge in [0, 0.05) is 35.8 Å². The van der Waals surface area contributed by atoms with Gasteiger partial charge in [0.25, 0.3) is 0 Å². The van der Waals surface area contributed by atoms with Crippen molar-refractivity contribution in [3.8, 4) is 11.4 Å². The molecule has 7 nitrogen and oxygen atoms in total. The molecule has 1 unspecified atom stereocenters. The molecule has 4 rings (SSSR count). The lowest BCUT2D eigenvalue weighted by Gasteiger charge is -2.17. The lowest BCUT2D eigenvalue weighted by atomic mass is 10.1. The van der Waals surface area contributed by atoms with Crippen LogP contribution in [0, 0.1) is 0 Å². The summed E-state index contributed by atoms with van der Waals surface area (Å²) in [4.78, 5) is 17.4. The maximum atomic E-state index is 11.5. The molecular formula is C23H30N4O3. The lowest BCUT2D eigenvalue weighted by Crippen LogP contribution is -2.28. The number of carbonyl (C=O) groups is 1. The van der Waals surface area contributed by atoms with E-state index in [2.05, 4.69) is 46.0 Å². The van der Waals surface area contributed by atoms with Gasteiger partial charge in [0.15, 0.2) is 0 Å². The molecule has 1 N–H and O–H groups in total. The number of benzene rings is 1. The highest BCUT2D eigenvalue weighted by Gasteiger charge is 2.34. The van der Waals surface area contributed by atoms with Gasteiger partial charge in [-0.1, -0.05) is 62.4 Å². The third kappa shape index (κ3) is 4.20. The number of para-hydroxylation sites is 1. The summed E-state index contributed by atoms with van der Waals surface area (Å²) in [5.74, 6) is 0.915. The average Bonchev–Trinajstić information content (AvgIpc) is 3.48. The lowest BCUT2D eigenvalue weighted by molar-refractivity contribution is 0.131. The first kappa shape index (κ1) is 20.4. The maximum absolute atomic E-state index is 11.5. The molecule has 7 heteroatoms. The molecule has 0 radical (unpaired) electrons. The van der Waals surface area contributed by atoms with Gasteiger partial charge in [-0.25, -0.2) is 4.79 Å². The van der Waals surface area contributed by atoms with Crippen LogP contribution in [0.4, 0.5) is 4.79 Å². The number of hydrogen-bond donors (Lipinski definition) is 1. The van der Waals surface area contributed by atoms with Crippen LogP contribution in [0.15, 0.2) is 35.0 Å². The van der Waals surface area contributed by atoms with Gasteiger partial charge in [0.1, 0.15) is 6.04 Å². The van der Waals surface area contributed by atoms with Crippen LogP contribution in [-0.4, -0.2) is 37.4 Å². The van der Waals surface area contributed by atoms with Crippen LogP contribution in [0.2, 0.25) is 0 Å². The summed E-state index contributed by atoms with van der Waals surface area (Å²) in [6, 6.07) is 7.93. The van der Waals surface area contributed by atoms with E-state index in [-0.39, 0.29) is 6.04 Å². The monoisotopic (exact) mass is 410 g/mol. The van der Waals surface area contributed by atoms with Gasteiger partial charge in [0.2, 0.25) is 11.7 Å². The number of rotatable bonds is 9. The Morgan fingerprint density at radius 3 is 2.83 bits per heavy atom. The van der Waals surface area contributed by atoms with Crippen LogP contribution in [0.5, 0.6) is 0 Å². The number of likely N-dealkylation sites (tertiary alicyclic amines) is 1. The minimum Gasteiger partial charge on any atom is -0.465 e. The van der Waals surface area contributed by atoms with E-state index in [1.165, 1.54) is 42.5 Å². The molecule has 1 aliphatic heterocycles. The first-order chi connectivity index (χ1) is 14.7. The normalized spacial score (nSPS) is 16.6. The minimum absolute atomic E-state index is 0.347. The predicted octanol–water partition coefficient (Wildman–Crippen LogP) is 5.87. The van der Waals surface area contributed by atoms with E-state index in [0.717, 1.165) is 30.3 Å². The standard InChI is InChI=1S/C23H30N4O3/c1-2-3-4-5-6-9-14-26-16-18(17-11-7-8-12-19(17)26)21-24-22(30-25-21)20-13-10-15-27(20)23(28)29/h7-8,11-12,16,20H,2-6,9-10,13-15H2,1H3,(H,28,29). The molecule has 1 fully saturated rings. The molecule has 160 valence electrons. The largest absolute Gasteiger partial charge is 0.465 e. The zero-order valence-electron chi connectivity index (χ0n) is 17.6. The Morgan fingerprint density at radius 1 is 1.20 bits per heavy atom. The molecule has 3 aromatic rings. The highest BCUT2D eigenvalue weighted by Crippen LogP contribution is 2.34. The highest BCUT2D eigenvalue weighted by atomic mass is 16.5. The Kier molecular flexibility index (Phi) is 6.35. The zero-order valence-corrected chi connectivity index (χ0v) is 17.6. The number of aromatic nitrogens is 3. The van der Waals surface area contributed by atoms with Gasteiger partial charge >= 0.3 is 6.09 Å². The van der Waals surface area contributed by atoms with Crippen molar-refractivity contribution in [2.24, 2.45) is 0 Å². The van der Waals surface area contributed by atoms with Gasteiger partial charge in [-0.05, 0) is 25.3 Å². The molecule has 2 aromatic heterocycles. The second-order valence-electron chi connectivity index (χ2n) is 8.11. The van der Waals surface area contributed by atoms with Crippen molar-refractivity contribution in [3.05, 3.63) is 36.4 Å². The average molecular weight is 411 g/mol. The molecule has 1 amide bonds. The summed E-state index contributed by atoms with van der Waals surface area (Å²) in [6.45, 7) is 3.71. The smallest absolute Gasteiger partial charge is 0.407 e. The molecule has 30 heavy (non-hydrogen) atoms. The second-order valence-corrected chi connectivity index (χ2v) is 8.11. The van der Waals surface area contributed by atoms with Crippen LogP contribution < -0.4 is 0 Å². The van der Waals surface area contributed by atoms with Gasteiger partial charge in [-0.3, -0.25) is 4.90 Å². The van der Waals surface area contributed by atoms with Crippen LogP contribution in [0.1, 0.15) is 70.2 Å². The van der Waals surface area contributed by atoms with Gasteiger partial charge in [0.05, 0.1) is 0 Å². The van der Waals surface area contributed by atoms with E-state index in [0.29, 0.717) is 24.7 Å². The maximum Gasteiger partial charge on any atom is 0.407 e. The van der Waals surface area contributed by atoms with E-state index in [9.17, 15) is 9.90 Å². The van der Waals surface area contributed by atoms with Crippen LogP contribution in [0.3, 0.4) is 0 Å². The van der Waals surface area contributed by atoms with E-state index >= 15 is 0 Å². The molecule has 1 saturated heterocycles. The van der Waals surface area contributed by atoms with Crippen LogP contribution in [0.25, 0.3) is 22.3 Å². The van der Waals surface area contributed by atoms with Crippen molar-refractivity contribution >= 4 is 17.0 Å². The van der Waals surface area contributed by atoms with Crippen molar-refractivity contribution < 1.29 is 14.4 Å². The molecule has 0 bridgehead atoms. The first-order valence-corrected chi connectivity index (χ1v) is 11.1. The molecule has 0 spiro atoms. The van der Waals surface area contributed by atoms with Gasteiger partial charge in [-0.2, -0.15) is 4.98 Å². The van der Waals surface area contributed by atoms with E-state index in [1.807, 2.05) is 6.07 Å². The molecule has 1 aromatic carbocycles. The Balaban J connectivity index is 1.53. The number of aryl methyl sites for hydroxylation is 1. The van der Waals surface area contributed by atoms with Crippen molar-refractivity contribution in [3.63, 3.8) is 0 Å². The second kappa shape index (κ2) is 9.32. The minimum atomic E-state index is -0.937. The van der Waals surface area contributed by atoms with Gasteiger partial charge in [-0.15, -0.1) is 0 Å². The fraction of sp³-hybridized carbons (Fsp3) is 0.522. The van der Waals surface area contributed by atoms with Crippen molar-refractivity contribution in [1.29, 1.82) is 0 Å². The van der Waals surface area contributed by atoms with Crippen LogP contribution in [-0.2, 0) is 6.54 Å². The topological polar surface area (TPSA) is 84.4 Å². The first-order valence-electron chi connectivity index (χ1n) is 11.1. The quantitative estimate of drug-likeness (QED) is 0.446. The molecule has 0 saturated carbocycles. The van der Waals surface area contributed by atoms with E-state index in [1.54, 1.807) is 0 Å². The van der Waals surface area contributed by atoms with Crippen molar-refractivity contribution in [1.82, 2.24) is 19.6 Å². The van der Waals surface area contributed by atoms with E-state index < -0.39 is 6.09 Å². The van der Waals surface area contributed by atoms with E-state index in [4.69, 9.17) is 4.52 Å².